The van der Waals surface area contributed by atoms with Gasteiger partial charge < -0.3 is 0 Å². The summed E-state index contributed by atoms with van der Waals surface area (Å²) in [5.41, 5.74) is 0.864. The van der Waals surface area contributed by atoms with Crippen molar-refractivity contribution in [2.75, 3.05) is 0 Å². The maximum atomic E-state index is 10.2. The molecule has 0 saturated carbocycles. The number of nitrogens with zero attached hydrogens (tertiary/aromatic N) is 1. The highest BCUT2D eigenvalue weighted by Crippen LogP contribution is 2.36. The minimum Gasteiger partial charge on any atom is -0.148 e. The van der Waals surface area contributed by atoms with Crippen LogP contribution >= 0.6 is 34.8 Å². The maximum absolute atomic E-state index is 10.2. The molecule has 0 bridgehead atoms. The quantitative estimate of drug-likeness (QED) is 0.447. The fraction of sp³-hybridized carbons (Fsp3) is 0.333. The van der Waals surface area contributed by atoms with E-state index in [2.05, 4.69) is 5.18 Å². The Balaban J connectivity index is 2.68. The average Bonchev–Trinajstić information content (AvgIpc) is 2.19. The molecular weight excluding hydrogens is 244 g/mol. The second-order valence-corrected chi connectivity index (χ2v) is 4.81. The molecule has 0 aliphatic rings. The number of benzene rings is 1. The molecule has 0 radical (unpaired) electrons. The Hall–Kier alpha value is -0.310. The summed E-state index contributed by atoms with van der Waals surface area (Å²) in [6.45, 7) is 0. The van der Waals surface area contributed by atoms with Gasteiger partial charge in [-0.05, 0) is 10.7 Å². The zero-order valence-corrected chi connectivity index (χ0v) is 9.43. The molecule has 2 nitrogen and oxygen atoms in total. The van der Waals surface area contributed by atoms with Crippen LogP contribution in [0.15, 0.2) is 35.5 Å². The summed E-state index contributed by atoms with van der Waals surface area (Å²) >= 11 is 17.1. The van der Waals surface area contributed by atoms with E-state index in [0.29, 0.717) is 0 Å². The lowest BCUT2D eigenvalue weighted by atomic mass is 10.1. The van der Waals surface area contributed by atoms with E-state index in [-0.39, 0.29) is 6.42 Å². The zero-order chi connectivity index (χ0) is 10.6. The lowest BCUT2D eigenvalue weighted by molar-refractivity contribution is 0.698. The van der Waals surface area contributed by atoms with Gasteiger partial charge in [0.1, 0.15) is 0 Å². The van der Waals surface area contributed by atoms with Crippen molar-refractivity contribution in [1.82, 2.24) is 0 Å². The van der Waals surface area contributed by atoms with Crippen molar-refractivity contribution in [3.8, 4) is 0 Å². The minimum absolute atomic E-state index is 0.0885. The number of hydrogen-bond donors (Lipinski definition) is 0. The molecular formula is C9H8Cl3NO. The standard InChI is InChI=1S/C9H8Cl3NO/c10-8(6-9(11,12)13-14)7-4-2-1-3-5-7/h1-5,8H,6H2/t8-/m0/s1. The van der Waals surface area contributed by atoms with Crippen molar-refractivity contribution in [3.63, 3.8) is 0 Å². The van der Waals surface area contributed by atoms with Crippen LogP contribution in [0.2, 0.25) is 0 Å². The Morgan fingerprint density at radius 2 is 1.86 bits per heavy atom. The molecule has 0 fully saturated rings. The van der Waals surface area contributed by atoms with Crippen LogP contribution < -0.4 is 0 Å². The first-order chi connectivity index (χ1) is 6.55. The summed E-state index contributed by atoms with van der Waals surface area (Å²) < 4.78 is -1.65. The minimum atomic E-state index is -1.65. The van der Waals surface area contributed by atoms with Gasteiger partial charge in [-0.25, -0.2) is 0 Å². The molecule has 14 heavy (non-hydrogen) atoms. The number of hydrogen-bond acceptors (Lipinski definition) is 2. The average molecular weight is 253 g/mol. The molecule has 1 aromatic rings. The van der Waals surface area contributed by atoms with Gasteiger partial charge >= 0.3 is 0 Å². The first-order valence-electron chi connectivity index (χ1n) is 3.96. The predicted octanol–water partition coefficient (Wildman–Crippen LogP) is 4.25. The lowest BCUT2D eigenvalue weighted by Gasteiger charge is -2.15. The topological polar surface area (TPSA) is 29.4 Å². The molecule has 0 saturated heterocycles. The number of nitroso groups, excluding NO2 is 1. The van der Waals surface area contributed by atoms with Gasteiger partial charge in [-0.2, -0.15) is 0 Å². The van der Waals surface area contributed by atoms with E-state index in [9.17, 15) is 4.91 Å². The summed E-state index contributed by atoms with van der Waals surface area (Å²) in [5.74, 6) is 0. The van der Waals surface area contributed by atoms with E-state index < -0.39 is 9.83 Å². The Bertz CT molecular complexity index is 302. The third-order valence-corrected chi connectivity index (χ3v) is 2.57. The van der Waals surface area contributed by atoms with Crippen LogP contribution in [0, 0.1) is 4.91 Å². The fourth-order valence-corrected chi connectivity index (χ4v) is 1.87. The first-order valence-corrected chi connectivity index (χ1v) is 5.16. The molecule has 0 unspecified atom stereocenters. The van der Waals surface area contributed by atoms with Gasteiger partial charge in [0, 0.05) is 6.42 Å². The second kappa shape index (κ2) is 4.96. The van der Waals surface area contributed by atoms with Crippen LogP contribution in [-0.2, 0) is 0 Å². The first kappa shape index (κ1) is 11.8. The van der Waals surface area contributed by atoms with E-state index in [1.165, 1.54) is 0 Å². The third kappa shape index (κ3) is 3.45. The molecule has 76 valence electrons. The Morgan fingerprint density at radius 1 is 1.29 bits per heavy atom. The monoisotopic (exact) mass is 251 g/mol. The number of halogens is 3. The van der Waals surface area contributed by atoms with Crippen LogP contribution in [0.1, 0.15) is 17.4 Å². The van der Waals surface area contributed by atoms with Crippen LogP contribution in [-0.4, -0.2) is 4.46 Å². The van der Waals surface area contributed by atoms with Crippen LogP contribution in [0.4, 0.5) is 0 Å². The normalized spacial score (nSPS) is 13.6. The summed E-state index contributed by atoms with van der Waals surface area (Å²) in [7, 11) is 0. The van der Waals surface area contributed by atoms with E-state index in [0.717, 1.165) is 5.56 Å². The molecule has 0 spiro atoms. The van der Waals surface area contributed by atoms with Gasteiger partial charge in [0.25, 0.3) is 0 Å². The highest BCUT2D eigenvalue weighted by molar-refractivity contribution is 6.48. The third-order valence-electron chi connectivity index (χ3n) is 1.72. The molecule has 5 heteroatoms. The summed E-state index contributed by atoms with van der Waals surface area (Å²) in [6, 6.07) is 9.25. The second-order valence-electron chi connectivity index (χ2n) is 2.84. The molecule has 0 heterocycles. The smallest absolute Gasteiger partial charge is 0.148 e. The van der Waals surface area contributed by atoms with Crippen molar-refractivity contribution >= 4 is 34.8 Å². The Labute approximate surface area is 97.1 Å². The SMILES string of the molecule is O=NC(Cl)(Cl)C[C@H](Cl)c1ccccc1. The van der Waals surface area contributed by atoms with Crippen LogP contribution in [0.3, 0.4) is 0 Å². The Morgan fingerprint density at radius 3 is 2.36 bits per heavy atom. The molecule has 0 aliphatic carbocycles. The van der Waals surface area contributed by atoms with E-state index in [1.807, 2.05) is 30.3 Å². The van der Waals surface area contributed by atoms with Gasteiger partial charge in [0.05, 0.1) is 5.38 Å². The van der Waals surface area contributed by atoms with E-state index in [4.69, 9.17) is 34.8 Å². The van der Waals surface area contributed by atoms with Gasteiger partial charge in [0.2, 0.25) is 4.46 Å². The molecule has 1 aromatic carbocycles. The van der Waals surface area contributed by atoms with Crippen LogP contribution in [0.25, 0.3) is 0 Å². The fourth-order valence-electron chi connectivity index (χ4n) is 1.03. The molecule has 1 rings (SSSR count). The molecule has 0 aromatic heterocycles. The van der Waals surface area contributed by atoms with E-state index >= 15 is 0 Å². The summed E-state index contributed by atoms with van der Waals surface area (Å²) in [5, 5.41) is 2.17. The maximum Gasteiger partial charge on any atom is 0.250 e. The highest BCUT2D eigenvalue weighted by Gasteiger charge is 2.29. The van der Waals surface area contributed by atoms with Crippen molar-refractivity contribution in [2.24, 2.45) is 5.18 Å². The Kier molecular flexibility index (Phi) is 4.17. The summed E-state index contributed by atoms with van der Waals surface area (Å²) in [4.78, 5) is 10.2. The summed E-state index contributed by atoms with van der Waals surface area (Å²) in [6.07, 6.45) is 0.0885. The highest BCUT2D eigenvalue weighted by atomic mass is 35.5. The predicted molar refractivity (Wildman–Crippen MR) is 59.9 cm³/mol. The van der Waals surface area contributed by atoms with Crippen molar-refractivity contribution in [1.29, 1.82) is 0 Å². The van der Waals surface area contributed by atoms with E-state index in [1.54, 1.807) is 0 Å². The van der Waals surface area contributed by atoms with Gasteiger partial charge in [0.15, 0.2) is 0 Å². The van der Waals surface area contributed by atoms with Gasteiger partial charge in [-0.1, -0.05) is 53.5 Å². The zero-order valence-electron chi connectivity index (χ0n) is 7.16. The lowest BCUT2D eigenvalue weighted by Crippen LogP contribution is -2.11. The van der Waals surface area contributed by atoms with Crippen molar-refractivity contribution in [2.45, 2.75) is 16.3 Å². The number of rotatable bonds is 4. The van der Waals surface area contributed by atoms with Crippen molar-refractivity contribution < 1.29 is 0 Å². The molecule has 0 amide bonds. The largest absolute Gasteiger partial charge is 0.250 e. The van der Waals surface area contributed by atoms with Crippen LogP contribution in [0.5, 0.6) is 0 Å². The number of alkyl halides is 3. The van der Waals surface area contributed by atoms with Gasteiger partial charge in [-0.15, -0.1) is 16.5 Å². The van der Waals surface area contributed by atoms with Crippen molar-refractivity contribution in [3.05, 3.63) is 40.8 Å². The van der Waals surface area contributed by atoms with Gasteiger partial charge in [-0.3, -0.25) is 0 Å². The molecule has 0 aliphatic heterocycles. The molecule has 0 N–H and O–H groups in total. The molecule has 1 atom stereocenters.